The molecule has 2 amide bonds. The molecular weight excluding hydrogens is 352 g/mol. The Balaban J connectivity index is 2.69. The van der Waals surface area contributed by atoms with Gasteiger partial charge in [-0.2, -0.15) is 0 Å². The van der Waals surface area contributed by atoms with Crippen LogP contribution < -0.4 is 10.6 Å². The van der Waals surface area contributed by atoms with Crippen molar-refractivity contribution in [2.24, 2.45) is 0 Å². The van der Waals surface area contributed by atoms with E-state index in [1.807, 2.05) is 0 Å². The predicted octanol–water partition coefficient (Wildman–Crippen LogP) is 3.55. The van der Waals surface area contributed by atoms with Crippen molar-refractivity contribution in [2.45, 2.75) is 65.2 Å². The Hall–Kier alpha value is -2.77. The number of ether oxygens (including phenoxy) is 2. The standard InChI is InChI=1S/C19H28N2O6/c1-18(2,3)26-16(24)20-13-9-7-12(8-10-13)11-14(15(22)23)21-17(25)27-19(4,5)6/h7-10,14H,11H2,1-6H3,(H,20,24)(H,21,25)(H,22,23)/t14-/m0/s1. The summed E-state index contributed by atoms with van der Waals surface area (Å²) >= 11 is 0. The second-order valence-corrected chi connectivity index (χ2v) is 8.06. The fourth-order valence-electron chi connectivity index (χ4n) is 2.03. The topological polar surface area (TPSA) is 114 Å². The smallest absolute Gasteiger partial charge is 0.412 e. The first-order valence-electron chi connectivity index (χ1n) is 8.56. The van der Waals surface area contributed by atoms with Crippen LogP contribution in [0.2, 0.25) is 0 Å². The molecule has 0 radical (unpaired) electrons. The third-order valence-electron chi connectivity index (χ3n) is 3.03. The molecule has 27 heavy (non-hydrogen) atoms. The maximum absolute atomic E-state index is 11.8. The number of rotatable bonds is 5. The fourth-order valence-corrected chi connectivity index (χ4v) is 2.03. The van der Waals surface area contributed by atoms with E-state index in [-0.39, 0.29) is 6.42 Å². The van der Waals surface area contributed by atoms with Gasteiger partial charge in [-0.15, -0.1) is 0 Å². The number of anilines is 1. The molecular formula is C19H28N2O6. The Morgan fingerprint density at radius 1 is 0.926 bits per heavy atom. The van der Waals surface area contributed by atoms with Gasteiger partial charge in [0.15, 0.2) is 0 Å². The molecule has 0 spiro atoms. The molecule has 0 aliphatic rings. The molecule has 3 N–H and O–H groups in total. The number of aliphatic carboxylic acids is 1. The third kappa shape index (κ3) is 9.48. The van der Waals surface area contributed by atoms with Crippen molar-refractivity contribution in [1.29, 1.82) is 0 Å². The molecule has 0 saturated carbocycles. The first-order valence-corrected chi connectivity index (χ1v) is 8.56. The SMILES string of the molecule is CC(C)(C)OC(=O)Nc1ccc(C[C@H](NC(=O)OC(C)(C)C)C(=O)O)cc1. The van der Waals surface area contributed by atoms with Crippen LogP contribution in [0.3, 0.4) is 0 Å². The van der Waals surface area contributed by atoms with Crippen LogP contribution in [-0.2, 0) is 20.7 Å². The van der Waals surface area contributed by atoms with Crippen LogP contribution >= 0.6 is 0 Å². The average Bonchev–Trinajstić information content (AvgIpc) is 2.44. The predicted molar refractivity (Wildman–Crippen MR) is 101 cm³/mol. The summed E-state index contributed by atoms with van der Waals surface area (Å²) in [5.74, 6) is -1.17. The number of hydrogen-bond donors (Lipinski definition) is 3. The lowest BCUT2D eigenvalue weighted by Crippen LogP contribution is -2.44. The molecule has 0 saturated heterocycles. The van der Waals surface area contributed by atoms with Crippen molar-refractivity contribution in [3.05, 3.63) is 29.8 Å². The van der Waals surface area contributed by atoms with E-state index in [0.29, 0.717) is 11.3 Å². The number of nitrogens with one attached hydrogen (secondary N) is 2. The Morgan fingerprint density at radius 3 is 1.85 bits per heavy atom. The molecule has 0 fully saturated rings. The third-order valence-corrected chi connectivity index (χ3v) is 3.03. The molecule has 0 unspecified atom stereocenters. The first kappa shape index (κ1) is 22.3. The van der Waals surface area contributed by atoms with Gasteiger partial charge in [0, 0.05) is 12.1 Å². The molecule has 0 aromatic heterocycles. The van der Waals surface area contributed by atoms with E-state index in [9.17, 15) is 19.5 Å². The summed E-state index contributed by atoms with van der Waals surface area (Å²) in [6.45, 7) is 10.4. The van der Waals surface area contributed by atoms with Gasteiger partial charge in [-0.3, -0.25) is 5.32 Å². The number of alkyl carbamates (subject to hydrolysis) is 1. The van der Waals surface area contributed by atoms with Gasteiger partial charge in [0.2, 0.25) is 0 Å². The van der Waals surface area contributed by atoms with Gasteiger partial charge in [-0.1, -0.05) is 12.1 Å². The van der Waals surface area contributed by atoms with Crippen molar-refractivity contribution in [3.8, 4) is 0 Å². The summed E-state index contributed by atoms with van der Waals surface area (Å²) in [5.41, 5.74) is -0.137. The largest absolute Gasteiger partial charge is 0.480 e. The van der Waals surface area contributed by atoms with Gasteiger partial charge < -0.3 is 19.9 Å². The number of carboxylic acids is 1. The summed E-state index contributed by atoms with van der Waals surface area (Å²) in [4.78, 5) is 34.9. The van der Waals surface area contributed by atoms with E-state index in [1.54, 1.807) is 65.8 Å². The van der Waals surface area contributed by atoms with E-state index in [4.69, 9.17) is 9.47 Å². The van der Waals surface area contributed by atoms with Crippen molar-refractivity contribution in [1.82, 2.24) is 5.32 Å². The average molecular weight is 380 g/mol. The molecule has 8 heteroatoms. The number of benzene rings is 1. The van der Waals surface area contributed by atoms with Gasteiger partial charge in [0.05, 0.1) is 0 Å². The van der Waals surface area contributed by atoms with Crippen LogP contribution in [0.1, 0.15) is 47.1 Å². The quantitative estimate of drug-likeness (QED) is 0.720. The summed E-state index contributed by atoms with van der Waals surface area (Å²) in [7, 11) is 0. The Kier molecular flexibility index (Phi) is 7.21. The minimum Gasteiger partial charge on any atom is -0.480 e. The Morgan fingerprint density at radius 2 is 1.41 bits per heavy atom. The minimum atomic E-state index is -1.17. The van der Waals surface area contributed by atoms with Crippen molar-refractivity contribution in [2.75, 3.05) is 5.32 Å². The van der Waals surface area contributed by atoms with Crippen LogP contribution in [-0.4, -0.2) is 40.5 Å². The monoisotopic (exact) mass is 380 g/mol. The summed E-state index contributed by atoms with van der Waals surface area (Å²) in [6, 6.07) is 5.46. The van der Waals surface area contributed by atoms with Crippen LogP contribution in [0, 0.1) is 0 Å². The number of carbonyl (C=O) groups is 3. The Bertz CT molecular complexity index is 671. The zero-order valence-corrected chi connectivity index (χ0v) is 16.6. The van der Waals surface area contributed by atoms with Gasteiger partial charge in [0.1, 0.15) is 17.2 Å². The molecule has 0 aliphatic heterocycles. The lowest BCUT2D eigenvalue weighted by molar-refractivity contribution is -0.139. The maximum atomic E-state index is 11.8. The highest BCUT2D eigenvalue weighted by molar-refractivity contribution is 5.85. The van der Waals surface area contributed by atoms with Crippen LogP contribution in [0.5, 0.6) is 0 Å². The molecule has 0 heterocycles. The van der Waals surface area contributed by atoms with E-state index >= 15 is 0 Å². The first-order chi connectivity index (χ1) is 12.2. The fraction of sp³-hybridized carbons (Fsp3) is 0.526. The van der Waals surface area contributed by atoms with Crippen LogP contribution in [0.25, 0.3) is 0 Å². The number of carbonyl (C=O) groups excluding carboxylic acids is 2. The highest BCUT2D eigenvalue weighted by atomic mass is 16.6. The van der Waals surface area contributed by atoms with E-state index in [1.165, 1.54) is 0 Å². The molecule has 1 rings (SSSR count). The van der Waals surface area contributed by atoms with E-state index < -0.39 is 35.4 Å². The lowest BCUT2D eigenvalue weighted by atomic mass is 10.1. The van der Waals surface area contributed by atoms with Crippen molar-refractivity contribution >= 4 is 23.8 Å². The number of amides is 2. The summed E-state index contributed by atoms with van der Waals surface area (Å²) < 4.78 is 10.2. The summed E-state index contributed by atoms with van der Waals surface area (Å²) in [5, 5.41) is 14.3. The second-order valence-electron chi connectivity index (χ2n) is 8.06. The molecule has 1 atom stereocenters. The zero-order valence-electron chi connectivity index (χ0n) is 16.6. The van der Waals surface area contributed by atoms with Crippen LogP contribution in [0.15, 0.2) is 24.3 Å². The summed E-state index contributed by atoms with van der Waals surface area (Å²) in [6.07, 6.45) is -1.30. The van der Waals surface area contributed by atoms with Gasteiger partial charge in [-0.25, -0.2) is 14.4 Å². The van der Waals surface area contributed by atoms with Crippen LogP contribution in [0.4, 0.5) is 15.3 Å². The van der Waals surface area contributed by atoms with Crippen molar-refractivity contribution in [3.63, 3.8) is 0 Å². The van der Waals surface area contributed by atoms with Gasteiger partial charge in [0.25, 0.3) is 0 Å². The Labute approximate surface area is 159 Å². The second kappa shape index (κ2) is 8.75. The van der Waals surface area contributed by atoms with Crippen molar-refractivity contribution < 1.29 is 29.0 Å². The van der Waals surface area contributed by atoms with E-state index in [0.717, 1.165) is 0 Å². The molecule has 150 valence electrons. The highest BCUT2D eigenvalue weighted by Gasteiger charge is 2.24. The number of hydrogen-bond acceptors (Lipinski definition) is 5. The number of carboxylic acid groups (broad SMARTS) is 1. The van der Waals surface area contributed by atoms with E-state index in [2.05, 4.69) is 10.6 Å². The molecule has 8 nitrogen and oxygen atoms in total. The highest BCUT2D eigenvalue weighted by Crippen LogP contribution is 2.14. The van der Waals surface area contributed by atoms with Gasteiger partial charge >= 0.3 is 18.2 Å². The molecule has 0 bridgehead atoms. The molecule has 1 aromatic carbocycles. The minimum absolute atomic E-state index is 0.0707. The lowest BCUT2D eigenvalue weighted by Gasteiger charge is -2.22. The molecule has 1 aromatic rings. The normalized spacial score (nSPS) is 12.7. The van der Waals surface area contributed by atoms with Gasteiger partial charge in [-0.05, 0) is 59.2 Å². The maximum Gasteiger partial charge on any atom is 0.412 e. The zero-order chi connectivity index (χ0) is 20.8. The molecule has 0 aliphatic carbocycles.